The first-order valence-corrected chi connectivity index (χ1v) is 7.37. The third kappa shape index (κ3) is 6.04. The van der Waals surface area contributed by atoms with Crippen LogP contribution in [0.4, 0.5) is 0 Å². The molecular weight excluding hydrogens is 270 g/mol. The molecule has 0 aliphatic heterocycles. The van der Waals surface area contributed by atoms with Gasteiger partial charge in [0.2, 0.25) is 0 Å². The van der Waals surface area contributed by atoms with Gasteiger partial charge in [-0.15, -0.1) is 0 Å². The van der Waals surface area contributed by atoms with Crippen molar-refractivity contribution in [2.24, 2.45) is 0 Å². The molecule has 0 heterocycles. The Balaban J connectivity index is 2.35. The Bertz CT molecular complexity index is 426. The molecule has 1 rings (SSSR count). The highest BCUT2D eigenvalue weighted by Gasteiger charge is 2.22. The predicted molar refractivity (Wildman–Crippen MR) is 81.6 cm³/mol. The highest BCUT2D eigenvalue weighted by atomic mass is 16.5. The van der Waals surface area contributed by atoms with Crippen LogP contribution in [0.15, 0.2) is 24.3 Å². The van der Waals surface area contributed by atoms with Crippen LogP contribution < -0.4 is 14.8 Å². The van der Waals surface area contributed by atoms with E-state index in [-0.39, 0.29) is 19.1 Å². The normalized spacial score (nSPS) is 11.0. The number of aliphatic hydroxyl groups is 1. The van der Waals surface area contributed by atoms with Gasteiger partial charge >= 0.3 is 0 Å². The van der Waals surface area contributed by atoms with Crippen LogP contribution in [0.1, 0.15) is 33.6 Å². The molecule has 0 radical (unpaired) electrons. The predicted octanol–water partition coefficient (Wildman–Crippen LogP) is 2.13. The molecule has 5 nitrogen and oxygen atoms in total. The standard InChI is InChI=1S/C16H25NO4/c1-4-16(19,5-2)12-17-15(18)11-21-14-9-7-13(8-10-14)20-6-3/h7-10,19H,4-6,11-12H2,1-3H3,(H,17,18). The highest BCUT2D eigenvalue weighted by molar-refractivity contribution is 5.77. The van der Waals surface area contributed by atoms with Crippen LogP contribution in [0, 0.1) is 0 Å². The summed E-state index contributed by atoms with van der Waals surface area (Å²) in [6, 6.07) is 7.10. The Morgan fingerprint density at radius 1 is 1.10 bits per heavy atom. The zero-order chi connectivity index (χ0) is 15.7. The van der Waals surface area contributed by atoms with Crippen molar-refractivity contribution in [3.05, 3.63) is 24.3 Å². The summed E-state index contributed by atoms with van der Waals surface area (Å²) >= 11 is 0. The fourth-order valence-electron chi connectivity index (χ4n) is 1.76. The van der Waals surface area contributed by atoms with Gasteiger partial charge in [0.1, 0.15) is 11.5 Å². The molecule has 0 bridgehead atoms. The van der Waals surface area contributed by atoms with Gasteiger partial charge in [-0.3, -0.25) is 4.79 Å². The molecule has 1 aromatic carbocycles. The Labute approximate surface area is 126 Å². The van der Waals surface area contributed by atoms with E-state index in [2.05, 4.69) is 5.32 Å². The van der Waals surface area contributed by atoms with Crippen LogP contribution in [0.3, 0.4) is 0 Å². The Hall–Kier alpha value is -1.75. The number of amides is 1. The molecule has 0 saturated heterocycles. The summed E-state index contributed by atoms with van der Waals surface area (Å²) in [5.41, 5.74) is -0.838. The molecule has 0 unspecified atom stereocenters. The molecule has 0 aromatic heterocycles. The van der Waals surface area contributed by atoms with Gasteiger partial charge in [0.15, 0.2) is 6.61 Å². The molecule has 0 fully saturated rings. The average molecular weight is 295 g/mol. The quantitative estimate of drug-likeness (QED) is 0.732. The molecule has 21 heavy (non-hydrogen) atoms. The van der Waals surface area contributed by atoms with E-state index in [0.717, 1.165) is 5.75 Å². The van der Waals surface area contributed by atoms with E-state index in [1.165, 1.54) is 0 Å². The number of hydrogen-bond acceptors (Lipinski definition) is 4. The molecule has 0 saturated carbocycles. The summed E-state index contributed by atoms with van der Waals surface area (Å²) < 4.78 is 10.7. The molecule has 1 amide bonds. The fourth-order valence-corrected chi connectivity index (χ4v) is 1.76. The molecule has 0 aliphatic carbocycles. The van der Waals surface area contributed by atoms with Gasteiger partial charge in [0, 0.05) is 6.54 Å². The van der Waals surface area contributed by atoms with Crippen molar-refractivity contribution in [3.8, 4) is 11.5 Å². The topological polar surface area (TPSA) is 67.8 Å². The number of rotatable bonds is 9. The van der Waals surface area contributed by atoms with Crippen molar-refractivity contribution < 1.29 is 19.4 Å². The smallest absolute Gasteiger partial charge is 0.258 e. The first kappa shape index (κ1) is 17.3. The summed E-state index contributed by atoms with van der Waals surface area (Å²) in [7, 11) is 0. The zero-order valence-electron chi connectivity index (χ0n) is 13.0. The minimum absolute atomic E-state index is 0.0719. The van der Waals surface area contributed by atoms with Gasteiger partial charge in [0.05, 0.1) is 12.2 Å². The lowest BCUT2D eigenvalue weighted by Crippen LogP contribution is -2.43. The number of benzene rings is 1. The van der Waals surface area contributed by atoms with Crippen molar-refractivity contribution in [1.82, 2.24) is 5.32 Å². The molecule has 5 heteroatoms. The fraction of sp³-hybridized carbons (Fsp3) is 0.562. The van der Waals surface area contributed by atoms with E-state index in [4.69, 9.17) is 9.47 Å². The van der Waals surface area contributed by atoms with Crippen molar-refractivity contribution in [1.29, 1.82) is 0 Å². The van der Waals surface area contributed by atoms with Crippen LogP contribution >= 0.6 is 0 Å². The monoisotopic (exact) mass is 295 g/mol. The van der Waals surface area contributed by atoms with Crippen LogP contribution in [0.5, 0.6) is 11.5 Å². The number of carbonyl (C=O) groups excluding carboxylic acids is 1. The van der Waals surface area contributed by atoms with Crippen molar-refractivity contribution in [2.75, 3.05) is 19.8 Å². The number of ether oxygens (including phenoxy) is 2. The maximum atomic E-state index is 11.7. The van der Waals surface area contributed by atoms with Crippen LogP contribution in [-0.2, 0) is 4.79 Å². The maximum absolute atomic E-state index is 11.7. The lowest BCUT2D eigenvalue weighted by Gasteiger charge is -2.25. The summed E-state index contributed by atoms with van der Waals surface area (Å²) in [4.78, 5) is 11.7. The minimum atomic E-state index is -0.838. The van der Waals surface area contributed by atoms with Gasteiger partial charge in [-0.2, -0.15) is 0 Å². The van der Waals surface area contributed by atoms with Gasteiger partial charge in [0.25, 0.3) is 5.91 Å². The van der Waals surface area contributed by atoms with Crippen LogP contribution in [0.2, 0.25) is 0 Å². The van der Waals surface area contributed by atoms with Crippen molar-refractivity contribution in [3.63, 3.8) is 0 Å². The third-order valence-corrected chi connectivity index (χ3v) is 3.44. The van der Waals surface area contributed by atoms with Crippen molar-refractivity contribution in [2.45, 2.75) is 39.2 Å². The van der Waals surface area contributed by atoms with E-state index >= 15 is 0 Å². The molecule has 1 aromatic rings. The lowest BCUT2D eigenvalue weighted by atomic mass is 9.98. The molecule has 0 spiro atoms. The number of nitrogens with one attached hydrogen (secondary N) is 1. The van der Waals surface area contributed by atoms with Gasteiger partial charge < -0.3 is 19.9 Å². The van der Waals surface area contributed by atoms with Crippen LogP contribution in [-0.4, -0.2) is 36.4 Å². The molecule has 0 atom stereocenters. The largest absolute Gasteiger partial charge is 0.494 e. The first-order valence-electron chi connectivity index (χ1n) is 7.37. The molecular formula is C16H25NO4. The highest BCUT2D eigenvalue weighted by Crippen LogP contribution is 2.17. The van der Waals surface area contributed by atoms with E-state index in [1.807, 2.05) is 20.8 Å². The van der Waals surface area contributed by atoms with Gasteiger partial charge in [-0.25, -0.2) is 0 Å². The number of hydrogen-bond donors (Lipinski definition) is 2. The Kier molecular flexibility index (Phi) is 7.02. The zero-order valence-corrected chi connectivity index (χ0v) is 13.0. The van der Waals surface area contributed by atoms with E-state index in [1.54, 1.807) is 24.3 Å². The Morgan fingerprint density at radius 3 is 2.10 bits per heavy atom. The molecule has 118 valence electrons. The van der Waals surface area contributed by atoms with Gasteiger partial charge in [-0.05, 0) is 44.0 Å². The molecule has 2 N–H and O–H groups in total. The second-order valence-electron chi connectivity index (χ2n) is 4.90. The molecule has 0 aliphatic rings. The van der Waals surface area contributed by atoms with E-state index < -0.39 is 5.60 Å². The maximum Gasteiger partial charge on any atom is 0.258 e. The third-order valence-electron chi connectivity index (χ3n) is 3.44. The van der Waals surface area contributed by atoms with Crippen LogP contribution in [0.25, 0.3) is 0 Å². The van der Waals surface area contributed by atoms with E-state index in [0.29, 0.717) is 25.2 Å². The number of carbonyl (C=O) groups is 1. The summed E-state index contributed by atoms with van der Waals surface area (Å²) in [6.45, 7) is 6.49. The first-order chi connectivity index (χ1) is 10.0. The average Bonchev–Trinajstić information content (AvgIpc) is 2.52. The second-order valence-corrected chi connectivity index (χ2v) is 4.90. The lowest BCUT2D eigenvalue weighted by molar-refractivity contribution is -0.124. The van der Waals surface area contributed by atoms with Gasteiger partial charge in [-0.1, -0.05) is 13.8 Å². The van der Waals surface area contributed by atoms with Crippen molar-refractivity contribution >= 4 is 5.91 Å². The SMILES string of the molecule is CCOc1ccc(OCC(=O)NCC(O)(CC)CC)cc1. The Morgan fingerprint density at radius 2 is 1.62 bits per heavy atom. The summed E-state index contributed by atoms with van der Waals surface area (Å²) in [6.07, 6.45) is 1.20. The summed E-state index contributed by atoms with van der Waals surface area (Å²) in [5.74, 6) is 1.13. The second kappa shape index (κ2) is 8.52. The minimum Gasteiger partial charge on any atom is -0.494 e. The van der Waals surface area contributed by atoms with E-state index in [9.17, 15) is 9.90 Å². The summed E-state index contributed by atoms with van der Waals surface area (Å²) in [5, 5.41) is 12.8.